The van der Waals surface area contributed by atoms with Gasteiger partial charge < -0.3 is 4.57 Å². The van der Waals surface area contributed by atoms with Gasteiger partial charge in [0.15, 0.2) is 0 Å². The first-order valence-corrected chi connectivity index (χ1v) is 15.1. The maximum atomic E-state index is 2.47. The van der Waals surface area contributed by atoms with Gasteiger partial charge in [-0.1, -0.05) is 81.4 Å². The third-order valence-corrected chi connectivity index (χ3v) is 10.5. The number of hydrogen-bond acceptors (Lipinski definition) is 0. The summed E-state index contributed by atoms with van der Waals surface area (Å²) in [5.41, 5.74) is 9.98. The molecule has 0 N–H and O–H groups in total. The number of para-hydroxylation sites is 1. The van der Waals surface area contributed by atoms with E-state index in [1.54, 1.807) is 5.56 Å². The third kappa shape index (κ3) is 3.73. The molecule has 4 aliphatic rings. The predicted molar refractivity (Wildman–Crippen MR) is 165 cm³/mol. The fourth-order valence-electron chi connectivity index (χ4n) is 9.00. The highest BCUT2D eigenvalue weighted by Crippen LogP contribution is 2.60. The Morgan fingerprint density at radius 3 is 1.79 bits per heavy atom. The Hall–Kier alpha value is -3.32. The van der Waals surface area contributed by atoms with Gasteiger partial charge in [-0.25, -0.2) is 0 Å². The molecule has 4 fully saturated rings. The van der Waals surface area contributed by atoms with Crippen LogP contribution in [0.15, 0.2) is 91.0 Å². The summed E-state index contributed by atoms with van der Waals surface area (Å²) in [6.45, 7) is 6.88. The number of rotatable bonds is 3. The maximum Gasteiger partial charge on any atom is 0.0541 e. The van der Waals surface area contributed by atoms with E-state index in [4.69, 9.17) is 0 Å². The van der Waals surface area contributed by atoms with Crippen molar-refractivity contribution < 1.29 is 0 Å². The van der Waals surface area contributed by atoms with Crippen LogP contribution in [0, 0.1) is 17.8 Å². The van der Waals surface area contributed by atoms with E-state index in [1.165, 1.54) is 82.7 Å². The van der Waals surface area contributed by atoms with Gasteiger partial charge in [0.2, 0.25) is 0 Å². The van der Waals surface area contributed by atoms with Crippen LogP contribution >= 0.6 is 0 Å². The van der Waals surface area contributed by atoms with E-state index < -0.39 is 0 Å². The van der Waals surface area contributed by atoms with Gasteiger partial charge in [-0.05, 0) is 120 Å². The molecule has 4 saturated carbocycles. The minimum Gasteiger partial charge on any atom is -0.309 e. The average Bonchev–Trinajstić information content (AvgIpc) is 3.26. The number of aromatic nitrogens is 1. The van der Waals surface area contributed by atoms with E-state index in [2.05, 4.69) is 116 Å². The van der Waals surface area contributed by atoms with E-state index in [-0.39, 0.29) is 5.41 Å². The zero-order valence-corrected chi connectivity index (χ0v) is 23.6. The lowest BCUT2D eigenvalue weighted by molar-refractivity contribution is -0.00518. The predicted octanol–water partition coefficient (Wildman–Crippen LogP) is 10.2. The van der Waals surface area contributed by atoms with Crippen LogP contribution in [0.3, 0.4) is 0 Å². The molecule has 1 heteroatoms. The zero-order chi connectivity index (χ0) is 26.4. The molecule has 0 saturated heterocycles. The third-order valence-electron chi connectivity index (χ3n) is 10.5. The molecule has 0 amide bonds. The molecule has 5 aromatic rings. The highest BCUT2D eigenvalue weighted by Gasteiger charge is 2.51. The van der Waals surface area contributed by atoms with Crippen LogP contribution < -0.4 is 0 Å². The summed E-state index contributed by atoms with van der Waals surface area (Å²) in [7, 11) is 0. The molecule has 4 bridgehead atoms. The molecule has 9 rings (SSSR count). The second-order valence-corrected chi connectivity index (χ2v) is 14.2. The fraction of sp³-hybridized carbons (Fsp3) is 0.368. The van der Waals surface area contributed by atoms with Gasteiger partial charge in [-0.15, -0.1) is 0 Å². The van der Waals surface area contributed by atoms with Crippen molar-refractivity contribution >= 4 is 21.8 Å². The first kappa shape index (κ1) is 23.6. The second kappa shape index (κ2) is 8.34. The van der Waals surface area contributed by atoms with Crippen LogP contribution in [0.4, 0.5) is 0 Å². The highest BCUT2D eigenvalue weighted by atomic mass is 15.0. The number of nitrogens with zero attached hydrogens (tertiary/aromatic N) is 1. The van der Waals surface area contributed by atoms with Gasteiger partial charge in [0.05, 0.1) is 11.0 Å². The average molecular weight is 510 g/mol. The fourth-order valence-corrected chi connectivity index (χ4v) is 9.00. The minimum absolute atomic E-state index is 0.129. The molecule has 196 valence electrons. The van der Waals surface area contributed by atoms with Crippen molar-refractivity contribution in [1.29, 1.82) is 0 Å². The minimum atomic E-state index is 0.129. The standard InChI is InChI=1S/C38H39N/c1-37(2,3)31-14-17-36-34(21-31)33-6-4-5-7-35(33)39(36)32-15-10-29(11-16-32)28-8-12-30(13-9-28)38-22-25-18-26(23-38)20-27(19-25)24-38/h4-17,21,25-27H,18-20,22-24H2,1-3H3. The van der Waals surface area contributed by atoms with E-state index in [0.717, 1.165) is 17.8 Å². The smallest absolute Gasteiger partial charge is 0.0541 e. The van der Waals surface area contributed by atoms with Gasteiger partial charge in [-0.2, -0.15) is 0 Å². The van der Waals surface area contributed by atoms with E-state index >= 15 is 0 Å². The van der Waals surface area contributed by atoms with E-state index in [0.29, 0.717) is 5.41 Å². The largest absolute Gasteiger partial charge is 0.309 e. The topological polar surface area (TPSA) is 4.93 Å². The van der Waals surface area contributed by atoms with Gasteiger partial charge >= 0.3 is 0 Å². The van der Waals surface area contributed by atoms with E-state index in [1.807, 2.05) is 0 Å². The molecule has 0 spiro atoms. The number of hydrogen-bond donors (Lipinski definition) is 0. The molecule has 1 heterocycles. The molecule has 0 aliphatic heterocycles. The van der Waals surface area contributed by atoms with Crippen molar-refractivity contribution in [2.24, 2.45) is 17.8 Å². The monoisotopic (exact) mass is 509 g/mol. The van der Waals surface area contributed by atoms with Crippen molar-refractivity contribution in [2.75, 3.05) is 0 Å². The molecule has 0 radical (unpaired) electrons. The van der Waals surface area contributed by atoms with Gasteiger partial charge in [0.1, 0.15) is 0 Å². The van der Waals surface area contributed by atoms with Crippen molar-refractivity contribution in [3.05, 3.63) is 102 Å². The quantitative estimate of drug-likeness (QED) is 0.228. The van der Waals surface area contributed by atoms with Crippen molar-refractivity contribution in [1.82, 2.24) is 4.57 Å². The van der Waals surface area contributed by atoms with Crippen LogP contribution in [0.5, 0.6) is 0 Å². The molecular formula is C38H39N. The Morgan fingerprint density at radius 2 is 1.18 bits per heavy atom. The summed E-state index contributed by atoms with van der Waals surface area (Å²) in [6, 6.07) is 34.8. The number of fused-ring (bicyclic) bond motifs is 3. The lowest BCUT2D eigenvalue weighted by atomic mass is 9.48. The molecule has 1 aromatic heterocycles. The molecule has 1 nitrogen and oxygen atoms in total. The summed E-state index contributed by atoms with van der Waals surface area (Å²) >= 11 is 0. The Labute approximate surface area is 232 Å². The van der Waals surface area contributed by atoms with Crippen LogP contribution in [0.1, 0.15) is 70.4 Å². The van der Waals surface area contributed by atoms with Crippen LogP contribution in [-0.4, -0.2) is 4.57 Å². The number of benzene rings is 4. The Kier molecular flexibility index (Phi) is 5.04. The van der Waals surface area contributed by atoms with Crippen molar-refractivity contribution in [3.63, 3.8) is 0 Å². The summed E-state index contributed by atoms with van der Waals surface area (Å²) in [5.74, 6) is 2.97. The van der Waals surface area contributed by atoms with Crippen molar-refractivity contribution in [3.8, 4) is 16.8 Å². The molecule has 39 heavy (non-hydrogen) atoms. The summed E-state index contributed by atoms with van der Waals surface area (Å²) in [6.07, 6.45) is 8.82. The van der Waals surface area contributed by atoms with Crippen LogP contribution in [0.2, 0.25) is 0 Å². The first-order valence-electron chi connectivity index (χ1n) is 15.1. The van der Waals surface area contributed by atoms with Gasteiger partial charge in [0, 0.05) is 16.5 Å². The zero-order valence-electron chi connectivity index (χ0n) is 23.6. The molecule has 0 unspecified atom stereocenters. The highest BCUT2D eigenvalue weighted by molar-refractivity contribution is 6.09. The first-order chi connectivity index (χ1) is 18.9. The summed E-state index contributed by atoms with van der Waals surface area (Å²) in [5, 5.41) is 2.66. The van der Waals surface area contributed by atoms with Crippen LogP contribution in [0.25, 0.3) is 38.6 Å². The Balaban J connectivity index is 1.14. The molecule has 4 aliphatic carbocycles. The second-order valence-electron chi connectivity index (χ2n) is 14.2. The van der Waals surface area contributed by atoms with Crippen LogP contribution in [-0.2, 0) is 10.8 Å². The van der Waals surface area contributed by atoms with Gasteiger partial charge in [0.25, 0.3) is 0 Å². The van der Waals surface area contributed by atoms with Gasteiger partial charge in [-0.3, -0.25) is 0 Å². The normalized spacial score (nSPS) is 26.1. The summed E-state index contributed by atoms with van der Waals surface area (Å²) in [4.78, 5) is 0. The SMILES string of the molecule is CC(C)(C)c1ccc2c(c1)c1ccccc1n2-c1ccc(-c2ccc(C34CC5CC(CC(C5)C3)C4)cc2)cc1. The summed E-state index contributed by atoms with van der Waals surface area (Å²) < 4.78 is 2.43. The molecule has 4 aromatic carbocycles. The Bertz CT molecular complexity index is 1660. The maximum absolute atomic E-state index is 2.47. The molecule has 0 atom stereocenters. The molecular weight excluding hydrogens is 470 g/mol. The van der Waals surface area contributed by atoms with Crippen molar-refractivity contribution in [2.45, 2.75) is 70.1 Å². The van der Waals surface area contributed by atoms with E-state index in [9.17, 15) is 0 Å². The Morgan fingerprint density at radius 1 is 0.615 bits per heavy atom. The lowest BCUT2D eigenvalue weighted by Gasteiger charge is -2.57. The lowest BCUT2D eigenvalue weighted by Crippen LogP contribution is -2.48.